The fourth-order valence-electron chi connectivity index (χ4n) is 7.78. The van der Waals surface area contributed by atoms with Crippen molar-refractivity contribution in [1.82, 2.24) is 4.57 Å². The first-order valence-corrected chi connectivity index (χ1v) is 16.1. The maximum atomic E-state index is 2.50. The van der Waals surface area contributed by atoms with E-state index in [0.717, 1.165) is 5.69 Å². The summed E-state index contributed by atoms with van der Waals surface area (Å²) in [6.07, 6.45) is 0. The van der Waals surface area contributed by atoms with Crippen molar-refractivity contribution in [3.63, 3.8) is 0 Å². The molecule has 0 saturated heterocycles. The Hall–Kier alpha value is -5.66. The summed E-state index contributed by atoms with van der Waals surface area (Å²) >= 11 is 0. The normalized spacial score (nSPS) is 13.2. The van der Waals surface area contributed by atoms with Gasteiger partial charge in [0.2, 0.25) is 0 Å². The molecule has 1 nitrogen and oxygen atoms in total. The number of para-hydroxylation sites is 1. The Morgan fingerprint density at radius 1 is 0.370 bits per heavy atom. The number of benzene rings is 7. The summed E-state index contributed by atoms with van der Waals surface area (Å²) in [5.41, 5.74) is 11.2. The van der Waals surface area contributed by atoms with E-state index in [1.54, 1.807) is 0 Å². The molecule has 1 aliphatic rings. The molecular formula is C45H33N. The first-order chi connectivity index (χ1) is 22.6. The van der Waals surface area contributed by atoms with Crippen LogP contribution in [0, 0.1) is 0 Å². The second kappa shape index (κ2) is 10.2. The van der Waals surface area contributed by atoms with Gasteiger partial charge in [0.05, 0.1) is 11.0 Å². The number of fused-ring (bicyclic) bond motifs is 10. The third kappa shape index (κ3) is 3.95. The van der Waals surface area contributed by atoms with Gasteiger partial charge in [0.25, 0.3) is 0 Å². The highest BCUT2D eigenvalue weighted by molar-refractivity contribution is 6.20. The van der Waals surface area contributed by atoms with Gasteiger partial charge < -0.3 is 4.57 Å². The van der Waals surface area contributed by atoms with Gasteiger partial charge in [-0.25, -0.2) is 0 Å². The quantitative estimate of drug-likeness (QED) is 0.190. The van der Waals surface area contributed by atoms with Crippen LogP contribution >= 0.6 is 0 Å². The molecule has 0 fully saturated rings. The Balaban J connectivity index is 1.53. The molecule has 218 valence electrons. The van der Waals surface area contributed by atoms with Crippen molar-refractivity contribution in [2.75, 3.05) is 0 Å². The highest BCUT2D eigenvalue weighted by atomic mass is 15.0. The molecule has 0 spiro atoms. The third-order valence-electron chi connectivity index (χ3n) is 10.0. The molecule has 0 unspecified atom stereocenters. The van der Waals surface area contributed by atoms with Crippen LogP contribution in [-0.2, 0) is 5.41 Å². The Morgan fingerprint density at radius 3 is 1.59 bits per heavy atom. The maximum absolute atomic E-state index is 2.50. The summed E-state index contributed by atoms with van der Waals surface area (Å²) in [7, 11) is 0. The van der Waals surface area contributed by atoms with Gasteiger partial charge in [-0.3, -0.25) is 0 Å². The van der Waals surface area contributed by atoms with Crippen molar-refractivity contribution in [2.24, 2.45) is 0 Å². The van der Waals surface area contributed by atoms with Crippen molar-refractivity contribution < 1.29 is 0 Å². The monoisotopic (exact) mass is 587 g/mol. The lowest BCUT2D eigenvalue weighted by molar-refractivity contribution is 0.661. The van der Waals surface area contributed by atoms with E-state index < -0.39 is 0 Å². The summed E-state index contributed by atoms with van der Waals surface area (Å²) in [5, 5.41) is 7.44. The summed E-state index contributed by atoms with van der Waals surface area (Å²) in [4.78, 5) is 0. The number of aromatic nitrogens is 1. The van der Waals surface area contributed by atoms with E-state index in [1.165, 1.54) is 76.7 Å². The van der Waals surface area contributed by atoms with E-state index >= 15 is 0 Å². The minimum Gasteiger partial charge on any atom is -0.309 e. The van der Waals surface area contributed by atoms with E-state index in [4.69, 9.17) is 0 Å². The molecule has 7 aromatic carbocycles. The van der Waals surface area contributed by atoms with Crippen LogP contribution in [0.5, 0.6) is 0 Å². The minimum atomic E-state index is -0.121. The molecule has 1 aliphatic carbocycles. The molecule has 1 aromatic heterocycles. The van der Waals surface area contributed by atoms with Gasteiger partial charge in [-0.15, -0.1) is 0 Å². The van der Waals surface area contributed by atoms with Crippen molar-refractivity contribution >= 4 is 43.4 Å². The first kappa shape index (κ1) is 26.7. The van der Waals surface area contributed by atoms with Gasteiger partial charge in [0, 0.05) is 21.9 Å². The van der Waals surface area contributed by atoms with E-state index in [0.29, 0.717) is 0 Å². The minimum absolute atomic E-state index is 0.121. The van der Waals surface area contributed by atoms with Crippen LogP contribution < -0.4 is 0 Å². The largest absolute Gasteiger partial charge is 0.309 e. The molecule has 0 amide bonds. The molecule has 0 aliphatic heterocycles. The highest BCUT2D eigenvalue weighted by Crippen LogP contribution is 2.50. The first-order valence-electron chi connectivity index (χ1n) is 16.1. The van der Waals surface area contributed by atoms with Crippen molar-refractivity contribution in [1.29, 1.82) is 0 Å². The SMILES string of the molecule is CC1(C)c2ccccc2-c2cc3c4ccccc4c4ccccc4c4ccccc4n(-c4ccc(-c5ccccc5)cc4)c3cc21. The Bertz CT molecular complexity index is 2530. The lowest BCUT2D eigenvalue weighted by Crippen LogP contribution is -2.15. The number of hydrogen-bond donors (Lipinski definition) is 0. The van der Waals surface area contributed by atoms with E-state index in [9.17, 15) is 0 Å². The smallest absolute Gasteiger partial charge is 0.0544 e. The molecule has 0 N–H and O–H groups in total. The third-order valence-corrected chi connectivity index (χ3v) is 10.0. The molecule has 9 rings (SSSR count). The molecule has 0 saturated carbocycles. The standard InChI is InChI=1S/C45H33N/c1-45(2)41-22-12-10-20-37(41)39-28-40-36-19-9-7-17-34(36)33-16-6-8-18-35(33)38-21-11-13-23-43(38)46(44(40)29-42(39)45)32-26-24-31(25-27-32)30-14-4-3-5-15-30/h3-29H,1-2H3. The van der Waals surface area contributed by atoms with E-state index in [-0.39, 0.29) is 5.41 Å². The van der Waals surface area contributed by atoms with Crippen LogP contribution in [0.2, 0.25) is 0 Å². The zero-order valence-corrected chi connectivity index (χ0v) is 26.0. The van der Waals surface area contributed by atoms with Crippen LogP contribution in [0.1, 0.15) is 25.0 Å². The van der Waals surface area contributed by atoms with Crippen molar-refractivity contribution in [3.8, 4) is 27.9 Å². The van der Waals surface area contributed by atoms with Crippen LogP contribution in [0.4, 0.5) is 0 Å². The lowest BCUT2D eigenvalue weighted by Gasteiger charge is -2.22. The fourth-order valence-corrected chi connectivity index (χ4v) is 7.78. The average molecular weight is 588 g/mol. The molecule has 1 heteroatoms. The number of hydrogen-bond acceptors (Lipinski definition) is 0. The van der Waals surface area contributed by atoms with Gasteiger partial charge in [0.15, 0.2) is 0 Å². The molecule has 8 aromatic rings. The summed E-state index contributed by atoms with van der Waals surface area (Å²) in [6.45, 7) is 4.74. The molecule has 0 bridgehead atoms. The molecule has 1 heterocycles. The average Bonchev–Trinajstić information content (AvgIpc) is 3.36. The Kier molecular flexibility index (Phi) is 5.92. The zero-order valence-electron chi connectivity index (χ0n) is 26.0. The predicted octanol–water partition coefficient (Wildman–Crippen LogP) is 12.2. The second-order valence-corrected chi connectivity index (χ2v) is 12.9. The van der Waals surface area contributed by atoms with Crippen molar-refractivity contribution in [3.05, 3.63) is 175 Å². The van der Waals surface area contributed by atoms with Gasteiger partial charge >= 0.3 is 0 Å². The van der Waals surface area contributed by atoms with Gasteiger partial charge in [0.1, 0.15) is 0 Å². The fraction of sp³-hybridized carbons (Fsp3) is 0.0667. The summed E-state index contributed by atoms with van der Waals surface area (Å²) in [5.74, 6) is 0. The van der Waals surface area contributed by atoms with Gasteiger partial charge in [-0.1, -0.05) is 147 Å². The number of nitrogens with zero attached hydrogens (tertiary/aromatic N) is 1. The summed E-state index contributed by atoms with van der Waals surface area (Å²) in [6, 6.07) is 60.3. The van der Waals surface area contributed by atoms with Gasteiger partial charge in [-0.2, -0.15) is 0 Å². The molecule has 46 heavy (non-hydrogen) atoms. The Morgan fingerprint density at radius 2 is 0.891 bits per heavy atom. The van der Waals surface area contributed by atoms with E-state index in [1.807, 2.05) is 0 Å². The molecular weight excluding hydrogens is 555 g/mol. The topological polar surface area (TPSA) is 4.93 Å². The molecule has 0 atom stereocenters. The maximum Gasteiger partial charge on any atom is 0.0544 e. The predicted molar refractivity (Wildman–Crippen MR) is 196 cm³/mol. The van der Waals surface area contributed by atoms with Crippen molar-refractivity contribution in [2.45, 2.75) is 19.3 Å². The number of rotatable bonds is 2. The van der Waals surface area contributed by atoms with Crippen LogP contribution in [0.3, 0.4) is 0 Å². The second-order valence-electron chi connectivity index (χ2n) is 12.9. The van der Waals surface area contributed by atoms with Crippen LogP contribution in [-0.4, -0.2) is 4.57 Å². The summed E-state index contributed by atoms with van der Waals surface area (Å²) < 4.78 is 2.50. The van der Waals surface area contributed by atoms with Crippen LogP contribution in [0.15, 0.2) is 164 Å². The molecule has 0 radical (unpaired) electrons. The van der Waals surface area contributed by atoms with Gasteiger partial charge in [-0.05, 0) is 85.3 Å². The highest BCUT2D eigenvalue weighted by Gasteiger charge is 2.35. The van der Waals surface area contributed by atoms with Crippen LogP contribution in [0.25, 0.3) is 71.3 Å². The lowest BCUT2D eigenvalue weighted by atomic mass is 9.82. The zero-order chi connectivity index (χ0) is 30.8. The Labute approximate surface area is 269 Å². The van der Waals surface area contributed by atoms with E-state index in [2.05, 4.69) is 182 Å².